The van der Waals surface area contributed by atoms with Crippen molar-refractivity contribution in [3.63, 3.8) is 0 Å². The normalized spacial score (nSPS) is 10.0. The Morgan fingerprint density at radius 1 is 0.880 bits per heavy atom. The van der Waals surface area contributed by atoms with Crippen molar-refractivity contribution < 1.29 is 19.1 Å². The number of anilines is 2. The summed E-state index contributed by atoms with van der Waals surface area (Å²) in [6, 6.07) is 11.9. The monoisotopic (exact) mass is 342 g/mol. The summed E-state index contributed by atoms with van der Waals surface area (Å²) in [5, 5.41) is 5.60. The van der Waals surface area contributed by atoms with E-state index < -0.39 is 0 Å². The standard InChI is InChI=1S/C19H22N2O4/c1-4-5-18(22)20-14-6-8-15(9-7-14)21-19(23)13-10-16(24-2)12-17(11-13)25-3/h6-12H,4-5H2,1-3H3,(H,20,22)(H,21,23). The van der Waals surface area contributed by atoms with Gasteiger partial charge in [-0.1, -0.05) is 6.92 Å². The zero-order valence-corrected chi connectivity index (χ0v) is 14.6. The molecule has 0 unspecified atom stereocenters. The fourth-order valence-corrected chi connectivity index (χ4v) is 2.23. The van der Waals surface area contributed by atoms with Crippen LogP contribution in [0.4, 0.5) is 11.4 Å². The molecule has 0 aromatic heterocycles. The van der Waals surface area contributed by atoms with Crippen LogP contribution in [0.15, 0.2) is 42.5 Å². The van der Waals surface area contributed by atoms with E-state index in [1.807, 2.05) is 6.92 Å². The Morgan fingerprint density at radius 3 is 1.88 bits per heavy atom. The van der Waals surface area contributed by atoms with Crippen LogP contribution in [-0.2, 0) is 4.79 Å². The first kappa shape index (κ1) is 18.3. The Labute approximate surface area is 147 Å². The lowest BCUT2D eigenvalue weighted by atomic mass is 10.1. The largest absolute Gasteiger partial charge is 0.497 e. The van der Waals surface area contributed by atoms with E-state index in [1.165, 1.54) is 14.2 Å². The van der Waals surface area contributed by atoms with Gasteiger partial charge in [0.1, 0.15) is 11.5 Å². The molecule has 0 spiro atoms. The van der Waals surface area contributed by atoms with Crippen molar-refractivity contribution in [3.05, 3.63) is 48.0 Å². The molecule has 0 fully saturated rings. The van der Waals surface area contributed by atoms with Crippen LogP contribution in [0.2, 0.25) is 0 Å². The second kappa shape index (κ2) is 8.73. The number of benzene rings is 2. The van der Waals surface area contributed by atoms with Crippen molar-refractivity contribution in [2.75, 3.05) is 24.9 Å². The predicted molar refractivity (Wildman–Crippen MR) is 97.5 cm³/mol. The number of hydrogen-bond donors (Lipinski definition) is 2. The van der Waals surface area contributed by atoms with E-state index in [1.54, 1.807) is 42.5 Å². The van der Waals surface area contributed by atoms with Gasteiger partial charge in [0.2, 0.25) is 5.91 Å². The minimum absolute atomic E-state index is 0.0252. The molecule has 2 rings (SSSR count). The molecular formula is C19H22N2O4. The van der Waals surface area contributed by atoms with Gasteiger partial charge >= 0.3 is 0 Å². The van der Waals surface area contributed by atoms with Crippen LogP contribution >= 0.6 is 0 Å². The Balaban J connectivity index is 2.06. The van der Waals surface area contributed by atoms with Gasteiger partial charge in [-0.2, -0.15) is 0 Å². The number of ether oxygens (including phenoxy) is 2. The fraction of sp³-hybridized carbons (Fsp3) is 0.263. The molecule has 0 saturated heterocycles. The average Bonchev–Trinajstić information content (AvgIpc) is 2.63. The lowest BCUT2D eigenvalue weighted by molar-refractivity contribution is -0.116. The highest BCUT2D eigenvalue weighted by molar-refractivity contribution is 6.05. The molecule has 0 aliphatic carbocycles. The Kier molecular flexibility index (Phi) is 6.39. The zero-order valence-electron chi connectivity index (χ0n) is 14.6. The summed E-state index contributed by atoms with van der Waals surface area (Å²) >= 11 is 0. The zero-order chi connectivity index (χ0) is 18.2. The third kappa shape index (κ3) is 5.24. The molecule has 6 nitrogen and oxygen atoms in total. The molecule has 0 aliphatic rings. The first-order valence-electron chi connectivity index (χ1n) is 8.00. The molecule has 2 aromatic rings. The first-order valence-corrected chi connectivity index (χ1v) is 8.00. The number of hydrogen-bond acceptors (Lipinski definition) is 4. The van der Waals surface area contributed by atoms with Crippen molar-refractivity contribution in [2.45, 2.75) is 19.8 Å². The highest BCUT2D eigenvalue weighted by Gasteiger charge is 2.10. The van der Waals surface area contributed by atoms with E-state index in [0.717, 1.165) is 6.42 Å². The lowest BCUT2D eigenvalue weighted by Gasteiger charge is -2.10. The highest BCUT2D eigenvalue weighted by Crippen LogP contribution is 2.23. The van der Waals surface area contributed by atoms with Crippen LogP contribution in [0.3, 0.4) is 0 Å². The van der Waals surface area contributed by atoms with Crippen LogP contribution in [0.5, 0.6) is 11.5 Å². The van der Waals surface area contributed by atoms with Crippen LogP contribution in [0, 0.1) is 0 Å². The van der Waals surface area contributed by atoms with Gasteiger partial charge in [0.25, 0.3) is 5.91 Å². The number of nitrogens with one attached hydrogen (secondary N) is 2. The molecule has 0 heterocycles. The number of carbonyl (C=O) groups excluding carboxylic acids is 2. The van der Waals surface area contributed by atoms with Gasteiger partial charge in [0.05, 0.1) is 14.2 Å². The average molecular weight is 342 g/mol. The maximum absolute atomic E-state index is 12.4. The van der Waals surface area contributed by atoms with Crippen LogP contribution in [0.1, 0.15) is 30.1 Å². The summed E-state index contributed by atoms with van der Waals surface area (Å²) < 4.78 is 10.3. The molecule has 2 amide bonds. The van der Waals surface area contributed by atoms with Gasteiger partial charge in [-0.15, -0.1) is 0 Å². The van der Waals surface area contributed by atoms with Crippen LogP contribution < -0.4 is 20.1 Å². The molecule has 132 valence electrons. The van der Waals surface area contributed by atoms with Crippen molar-refractivity contribution in [2.24, 2.45) is 0 Å². The van der Waals surface area contributed by atoms with E-state index in [0.29, 0.717) is 34.9 Å². The third-order valence-electron chi connectivity index (χ3n) is 3.52. The van der Waals surface area contributed by atoms with Crippen molar-refractivity contribution in [1.29, 1.82) is 0 Å². The van der Waals surface area contributed by atoms with E-state index >= 15 is 0 Å². The van der Waals surface area contributed by atoms with Gasteiger partial charge in [-0.25, -0.2) is 0 Å². The molecule has 0 aliphatic heterocycles. The quantitative estimate of drug-likeness (QED) is 0.804. The molecule has 25 heavy (non-hydrogen) atoms. The van der Waals surface area contributed by atoms with E-state index in [-0.39, 0.29) is 11.8 Å². The first-order chi connectivity index (χ1) is 12.0. The van der Waals surface area contributed by atoms with Crippen molar-refractivity contribution in [3.8, 4) is 11.5 Å². The summed E-state index contributed by atoms with van der Waals surface area (Å²) in [4.78, 5) is 24.0. The SMILES string of the molecule is CCCC(=O)Nc1ccc(NC(=O)c2cc(OC)cc(OC)c2)cc1. The maximum atomic E-state index is 12.4. The van der Waals surface area contributed by atoms with Gasteiger partial charge in [0, 0.05) is 29.4 Å². The summed E-state index contributed by atoms with van der Waals surface area (Å²) in [5.41, 5.74) is 1.75. The van der Waals surface area contributed by atoms with E-state index in [9.17, 15) is 9.59 Å². The summed E-state index contributed by atoms with van der Waals surface area (Å²) in [6.45, 7) is 1.95. The number of rotatable bonds is 7. The number of carbonyl (C=O) groups is 2. The fourth-order valence-electron chi connectivity index (χ4n) is 2.23. The number of amides is 2. The molecular weight excluding hydrogens is 320 g/mol. The molecule has 2 aromatic carbocycles. The van der Waals surface area contributed by atoms with E-state index in [2.05, 4.69) is 10.6 Å². The Morgan fingerprint density at radius 2 is 1.40 bits per heavy atom. The minimum Gasteiger partial charge on any atom is -0.497 e. The highest BCUT2D eigenvalue weighted by atomic mass is 16.5. The molecule has 2 N–H and O–H groups in total. The van der Waals surface area contributed by atoms with E-state index in [4.69, 9.17) is 9.47 Å². The van der Waals surface area contributed by atoms with Crippen LogP contribution in [0.25, 0.3) is 0 Å². The molecule has 0 atom stereocenters. The maximum Gasteiger partial charge on any atom is 0.255 e. The second-order valence-corrected chi connectivity index (χ2v) is 5.43. The minimum atomic E-state index is -0.278. The Bertz CT molecular complexity index is 719. The van der Waals surface area contributed by atoms with Gasteiger partial charge < -0.3 is 20.1 Å². The third-order valence-corrected chi connectivity index (χ3v) is 3.52. The van der Waals surface area contributed by atoms with Crippen LogP contribution in [-0.4, -0.2) is 26.0 Å². The van der Waals surface area contributed by atoms with Gasteiger partial charge in [-0.3, -0.25) is 9.59 Å². The van der Waals surface area contributed by atoms with Gasteiger partial charge in [0.15, 0.2) is 0 Å². The van der Waals surface area contributed by atoms with Crippen molar-refractivity contribution >= 4 is 23.2 Å². The topological polar surface area (TPSA) is 76.7 Å². The lowest BCUT2D eigenvalue weighted by Crippen LogP contribution is -2.13. The van der Waals surface area contributed by atoms with Crippen molar-refractivity contribution in [1.82, 2.24) is 0 Å². The second-order valence-electron chi connectivity index (χ2n) is 5.43. The molecule has 0 bridgehead atoms. The Hall–Kier alpha value is -3.02. The smallest absolute Gasteiger partial charge is 0.255 e. The van der Waals surface area contributed by atoms with Gasteiger partial charge in [-0.05, 0) is 42.8 Å². The summed E-state index contributed by atoms with van der Waals surface area (Å²) in [6.07, 6.45) is 1.28. The summed E-state index contributed by atoms with van der Waals surface area (Å²) in [7, 11) is 3.06. The number of methoxy groups -OCH3 is 2. The summed E-state index contributed by atoms with van der Waals surface area (Å²) in [5.74, 6) is 0.777. The predicted octanol–water partition coefficient (Wildman–Crippen LogP) is 3.69. The molecule has 6 heteroatoms. The molecule has 0 radical (unpaired) electrons. The molecule has 0 saturated carbocycles.